The van der Waals surface area contributed by atoms with Gasteiger partial charge in [0, 0.05) is 5.92 Å². The minimum absolute atomic E-state index is 0.228. The van der Waals surface area contributed by atoms with Crippen LogP contribution in [0.1, 0.15) is 24.5 Å². The number of benzene rings is 2. The zero-order chi connectivity index (χ0) is 15.9. The van der Waals surface area contributed by atoms with Crippen LogP contribution in [0.4, 0.5) is 0 Å². The van der Waals surface area contributed by atoms with E-state index in [-0.39, 0.29) is 6.10 Å². The first kappa shape index (κ1) is 16.0. The van der Waals surface area contributed by atoms with Gasteiger partial charge in [-0.25, -0.2) is 0 Å². The summed E-state index contributed by atoms with van der Waals surface area (Å²) in [6.45, 7) is 4.23. The fraction of sp³-hybridized carbons (Fsp3) is 0.333. The Kier molecular flexibility index (Phi) is 5.62. The molecular formula is C21H24O2. The fourth-order valence-corrected chi connectivity index (χ4v) is 2.99. The van der Waals surface area contributed by atoms with E-state index in [0.717, 1.165) is 13.0 Å². The molecule has 2 aromatic rings. The topological polar surface area (TPSA) is 18.5 Å². The summed E-state index contributed by atoms with van der Waals surface area (Å²) in [4.78, 5) is 0. The SMILES string of the molecule is CC1=CCC(OCc2ccccc2)C1COCc1ccccc1. The predicted octanol–water partition coefficient (Wildman–Crippen LogP) is 4.75. The second-order valence-electron chi connectivity index (χ2n) is 6.13. The van der Waals surface area contributed by atoms with Crippen molar-refractivity contribution in [2.75, 3.05) is 6.61 Å². The van der Waals surface area contributed by atoms with E-state index in [1.807, 2.05) is 24.3 Å². The predicted molar refractivity (Wildman–Crippen MR) is 93.0 cm³/mol. The molecule has 2 atom stereocenters. The van der Waals surface area contributed by atoms with E-state index in [1.54, 1.807) is 0 Å². The lowest BCUT2D eigenvalue weighted by molar-refractivity contribution is -0.0134. The largest absolute Gasteiger partial charge is 0.376 e. The molecule has 0 saturated carbocycles. The van der Waals surface area contributed by atoms with E-state index in [1.165, 1.54) is 16.7 Å². The highest BCUT2D eigenvalue weighted by Crippen LogP contribution is 2.29. The van der Waals surface area contributed by atoms with Crippen LogP contribution in [-0.4, -0.2) is 12.7 Å². The van der Waals surface area contributed by atoms with Crippen molar-refractivity contribution in [1.29, 1.82) is 0 Å². The molecule has 1 aliphatic rings. The van der Waals surface area contributed by atoms with Crippen LogP contribution in [0.2, 0.25) is 0 Å². The van der Waals surface area contributed by atoms with Gasteiger partial charge in [-0.1, -0.05) is 72.3 Å². The number of ether oxygens (including phenoxy) is 2. The van der Waals surface area contributed by atoms with Crippen LogP contribution in [0.3, 0.4) is 0 Å². The van der Waals surface area contributed by atoms with Crippen LogP contribution in [0.5, 0.6) is 0 Å². The monoisotopic (exact) mass is 308 g/mol. The van der Waals surface area contributed by atoms with Gasteiger partial charge in [0.25, 0.3) is 0 Å². The molecule has 2 heteroatoms. The summed E-state index contributed by atoms with van der Waals surface area (Å²) in [6, 6.07) is 20.7. The molecule has 2 nitrogen and oxygen atoms in total. The molecule has 23 heavy (non-hydrogen) atoms. The Morgan fingerprint density at radius 2 is 1.48 bits per heavy atom. The molecular weight excluding hydrogens is 284 g/mol. The average Bonchev–Trinajstić information content (AvgIpc) is 2.95. The van der Waals surface area contributed by atoms with E-state index >= 15 is 0 Å². The smallest absolute Gasteiger partial charge is 0.0721 e. The Balaban J connectivity index is 1.49. The van der Waals surface area contributed by atoms with Crippen molar-refractivity contribution < 1.29 is 9.47 Å². The Morgan fingerprint density at radius 1 is 0.870 bits per heavy atom. The van der Waals surface area contributed by atoms with Crippen molar-refractivity contribution >= 4 is 0 Å². The second-order valence-corrected chi connectivity index (χ2v) is 6.13. The van der Waals surface area contributed by atoms with Gasteiger partial charge in [0.05, 0.1) is 25.9 Å². The van der Waals surface area contributed by atoms with E-state index in [9.17, 15) is 0 Å². The number of hydrogen-bond acceptors (Lipinski definition) is 2. The van der Waals surface area contributed by atoms with Gasteiger partial charge in [-0.2, -0.15) is 0 Å². The third-order valence-electron chi connectivity index (χ3n) is 4.42. The fourth-order valence-electron chi connectivity index (χ4n) is 2.99. The van der Waals surface area contributed by atoms with Crippen molar-refractivity contribution in [1.82, 2.24) is 0 Å². The minimum atomic E-state index is 0.228. The average molecular weight is 308 g/mol. The van der Waals surface area contributed by atoms with Gasteiger partial charge in [-0.3, -0.25) is 0 Å². The first-order chi connectivity index (χ1) is 11.3. The molecule has 120 valence electrons. The number of rotatable bonds is 7. The molecule has 0 saturated heterocycles. The van der Waals surface area contributed by atoms with Crippen molar-refractivity contribution in [3.8, 4) is 0 Å². The van der Waals surface area contributed by atoms with Crippen molar-refractivity contribution in [3.63, 3.8) is 0 Å². The minimum Gasteiger partial charge on any atom is -0.376 e. The summed E-state index contributed by atoms with van der Waals surface area (Å²) in [5.74, 6) is 0.363. The highest BCUT2D eigenvalue weighted by Gasteiger charge is 2.28. The van der Waals surface area contributed by atoms with Crippen LogP contribution in [0, 0.1) is 5.92 Å². The molecule has 0 aromatic heterocycles. The van der Waals surface area contributed by atoms with Crippen LogP contribution >= 0.6 is 0 Å². The highest BCUT2D eigenvalue weighted by molar-refractivity contribution is 5.16. The Morgan fingerprint density at radius 3 is 2.13 bits per heavy atom. The van der Waals surface area contributed by atoms with E-state index in [4.69, 9.17) is 9.47 Å². The molecule has 0 heterocycles. The Labute approximate surface area is 138 Å². The zero-order valence-electron chi connectivity index (χ0n) is 13.7. The van der Waals surface area contributed by atoms with Crippen molar-refractivity contribution in [2.24, 2.45) is 5.92 Å². The Hall–Kier alpha value is -1.90. The van der Waals surface area contributed by atoms with Crippen molar-refractivity contribution in [3.05, 3.63) is 83.4 Å². The summed E-state index contributed by atoms with van der Waals surface area (Å²) >= 11 is 0. The third kappa shape index (κ3) is 4.54. The number of hydrogen-bond donors (Lipinski definition) is 0. The molecule has 0 radical (unpaired) electrons. The molecule has 1 aliphatic carbocycles. The van der Waals surface area contributed by atoms with Crippen molar-refractivity contribution in [2.45, 2.75) is 32.7 Å². The normalized spacial score (nSPS) is 20.5. The van der Waals surface area contributed by atoms with Gasteiger partial charge >= 0.3 is 0 Å². The van der Waals surface area contributed by atoms with Crippen LogP contribution in [0.15, 0.2) is 72.3 Å². The molecule has 0 bridgehead atoms. The van der Waals surface area contributed by atoms with E-state index < -0.39 is 0 Å². The van der Waals surface area contributed by atoms with E-state index in [0.29, 0.717) is 19.1 Å². The molecule has 2 aromatic carbocycles. The first-order valence-corrected chi connectivity index (χ1v) is 8.27. The quantitative estimate of drug-likeness (QED) is 0.687. The van der Waals surface area contributed by atoms with Crippen LogP contribution in [0.25, 0.3) is 0 Å². The third-order valence-corrected chi connectivity index (χ3v) is 4.42. The zero-order valence-corrected chi connectivity index (χ0v) is 13.7. The maximum absolute atomic E-state index is 6.14. The van der Waals surface area contributed by atoms with Gasteiger partial charge < -0.3 is 9.47 Å². The summed E-state index contributed by atoms with van der Waals surface area (Å²) in [5, 5.41) is 0. The van der Waals surface area contributed by atoms with Crippen LogP contribution < -0.4 is 0 Å². The molecule has 0 fully saturated rings. The maximum Gasteiger partial charge on any atom is 0.0721 e. The molecule has 2 unspecified atom stereocenters. The standard InChI is InChI=1S/C21H24O2/c1-17-12-13-21(23-15-19-10-6-3-7-11-19)20(17)16-22-14-18-8-4-2-5-9-18/h2-12,20-21H,13-16H2,1H3. The van der Waals surface area contributed by atoms with Gasteiger partial charge in [0.15, 0.2) is 0 Å². The lowest BCUT2D eigenvalue weighted by Crippen LogP contribution is -2.24. The molecule has 0 amide bonds. The Bertz CT molecular complexity index is 619. The molecule has 0 spiro atoms. The highest BCUT2D eigenvalue weighted by atomic mass is 16.5. The summed E-state index contributed by atoms with van der Waals surface area (Å²) in [7, 11) is 0. The first-order valence-electron chi connectivity index (χ1n) is 8.27. The lowest BCUT2D eigenvalue weighted by Gasteiger charge is -2.22. The summed E-state index contributed by atoms with van der Waals surface area (Å²) in [6.07, 6.45) is 3.50. The van der Waals surface area contributed by atoms with E-state index in [2.05, 4.69) is 49.4 Å². The lowest BCUT2D eigenvalue weighted by atomic mass is 10.0. The molecule has 3 rings (SSSR count). The summed E-state index contributed by atoms with van der Waals surface area (Å²) < 4.78 is 12.1. The molecule has 0 aliphatic heterocycles. The van der Waals surface area contributed by atoms with Gasteiger partial charge in [-0.15, -0.1) is 0 Å². The second kappa shape index (κ2) is 8.09. The maximum atomic E-state index is 6.14. The van der Waals surface area contributed by atoms with Gasteiger partial charge in [0.2, 0.25) is 0 Å². The summed E-state index contributed by atoms with van der Waals surface area (Å²) in [5.41, 5.74) is 3.83. The molecule has 0 N–H and O–H groups in total. The van der Waals surface area contributed by atoms with Crippen LogP contribution in [-0.2, 0) is 22.7 Å². The van der Waals surface area contributed by atoms with Gasteiger partial charge in [-0.05, 0) is 24.5 Å². The van der Waals surface area contributed by atoms with Gasteiger partial charge in [0.1, 0.15) is 0 Å².